The average Bonchev–Trinajstić information content (AvgIpc) is 2.79. The van der Waals surface area contributed by atoms with Crippen LogP contribution in [0.4, 0.5) is 4.39 Å². The summed E-state index contributed by atoms with van der Waals surface area (Å²) >= 11 is 0. The van der Waals surface area contributed by atoms with Crippen LogP contribution in [0, 0.1) is 5.82 Å². The predicted octanol–water partition coefficient (Wildman–Crippen LogP) is 7.68. The number of pyridine rings is 1. The van der Waals surface area contributed by atoms with Gasteiger partial charge in [0.2, 0.25) is 5.88 Å². The van der Waals surface area contributed by atoms with Gasteiger partial charge in [-0.3, -0.25) is 0 Å². The Hall–Kier alpha value is -2.10. The summed E-state index contributed by atoms with van der Waals surface area (Å²) in [7, 11) is 0. The third-order valence-corrected chi connectivity index (χ3v) is 6.06. The van der Waals surface area contributed by atoms with Crippen LogP contribution in [0.3, 0.4) is 0 Å². The molecule has 0 unspecified atom stereocenters. The normalized spacial score (nSPS) is 12.4. The monoisotopic (exact) mass is 427 g/mol. The Morgan fingerprint density at radius 2 is 1.39 bits per heavy atom. The first-order valence-corrected chi connectivity index (χ1v) is 12.3. The van der Waals surface area contributed by atoms with E-state index in [0.29, 0.717) is 31.3 Å². The molecule has 1 heterocycles. The van der Waals surface area contributed by atoms with Gasteiger partial charge in [-0.2, -0.15) is 0 Å². The van der Waals surface area contributed by atoms with Crippen LogP contribution in [0.2, 0.25) is 0 Å². The molecule has 31 heavy (non-hydrogen) atoms. The van der Waals surface area contributed by atoms with Crippen LogP contribution in [0.15, 0.2) is 24.3 Å². The van der Waals surface area contributed by atoms with E-state index in [1.54, 1.807) is 6.07 Å². The van der Waals surface area contributed by atoms with Gasteiger partial charge in [0.25, 0.3) is 0 Å². The second kappa shape index (κ2) is 12.7. The number of aromatic nitrogens is 1. The van der Waals surface area contributed by atoms with Crippen LogP contribution in [0.1, 0.15) is 89.3 Å². The van der Waals surface area contributed by atoms with Crippen molar-refractivity contribution >= 4 is 0 Å². The molecule has 3 nitrogen and oxygen atoms in total. The minimum atomic E-state index is -0.206. The third-order valence-electron chi connectivity index (χ3n) is 6.06. The topological polar surface area (TPSA) is 31.4 Å². The van der Waals surface area contributed by atoms with E-state index in [2.05, 4.69) is 13.8 Å². The number of fused-ring (bicyclic) bond motifs is 3. The van der Waals surface area contributed by atoms with E-state index in [1.165, 1.54) is 44.9 Å². The van der Waals surface area contributed by atoms with Gasteiger partial charge in [0.1, 0.15) is 0 Å². The predicted molar refractivity (Wildman–Crippen MR) is 126 cm³/mol. The van der Waals surface area contributed by atoms with Gasteiger partial charge in [-0.05, 0) is 48.9 Å². The summed E-state index contributed by atoms with van der Waals surface area (Å²) in [5, 5.41) is 0. The quantitative estimate of drug-likeness (QED) is 0.290. The molecule has 170 valence electrons. The van der Waals surface area contributed by atoms with Crippen LogP contribution < -0.4 is 9.47 Å². The van der Waals surface area contributed by atoms with Crippen molar-refractivity contribution in [2.75, 3.05) is 13.2 Å². The zero-order valence-electron chi connectivity index (χ0n) is 19.4. The highest BCUT2D eigenvalue weighted by atomic mass is 19.1. The molecule has 1 aromatic carbocycles. The van der Waals surface area contributed by atoms with E-state index < -0.39 is 0 Å². The number of hydrogen-bond donors (Lipinski definition) is 0. The van der Waals surface area contributed by atoms with Crippen molar-refractivity contribution in [3.8, 4) is 22.8 Å². The molecule has 0 aliphatic heterocycles. The van der Waals surface area contributed by atoms with Crippen LogP contribution in [-0.2, 0) is 12.8 Å². The van der Waals surface area contributed by atoms with Gasteiger partial charge >= 0.3 is 0 Å². The summed E-state index contributed by atoms with van der Waals surface area (Å²) in [5.41, 5.74) is 3.70. The summed E-state index contributed by atoms with van der Waals surface area (Å²) in [6.07, 6.45) is 13.3. The zero-order chi connectivity index (χ0) is 21.9. The molecular formula is C27H38FNO2. The Morgan fingerprint density at radius 1 is 0.742 bits per heavy atom. The molecule has 4 heteroatoms. The average molecular weight is 428 g/mol. The van der Waals surface area contributed by atoms with E-state index in [4.69, 9.17) is 14.5 Å². The first-order chi connectivity index (χ1) is 15.2. The van der Waals surface area contributed by atoms with Gasteiger partial charge in [-0.1, -0.05) is 71.3 Å². The molecule has 1 aliphatic rings. The SMILES string of the molecule is CCCCCCCCOc1ccc2c(n1)CCc1c-2ccc(OCCCCCC)c1F. The molecule has 0 fully saturated rings. The van der Waals surface area contributed by atoms with Gasteiger partial charge in [-0.15, -0.1) is 0 Å². The third kappa shape index (κ3) is 6.69. The highest BCUT2D eigenvalue weighted by Gasteiger charge is 2.23. The molecule has 0 radical (unpaired) electrons. The fourth-order valence-corrected chi connectivity index (χ4v) is 4.22. The molecule has 0 N–H and O–H groups in total. The van der Waals surface area contributed by atoms with E-state index in [-0.39, 0.29) is 5.82 Å². The second-order valence-electron chi connectivity index (χ2n) is 8.57. The number of benzene rings is 1. The van der Waals surface area contributed by atoms with Crippen LogP contribution in [-0.4, -0.2) is 18.2 Å². The molecule has 1 aliphatic carbocycles. The molecule has 0 bridgehead atoms. The first kappa shape index (κ1) is 23.6. The largest absolute Gasteiger partial charge is 0.491 e. The fraction of sp³-hybridized carbons (Fsp3) is 0.593. The summed E-state index contributed by atoms with van der Waals surface area (Å²) in [4.78, 5) is 4.71. The fourth-order valence-electron chi connectivity index (χ4n) is 4.22. The molecule has 0 saturated heterocycles. The number of hydrogen-bond acceptors (Lipinski definition) is 3. The van der Waals surface area contributed by atoms with Crippen molar-refractivity contribution in [1.29, 1.82) is 0 Å². The number of rotatable bonds is 14. The maximum absolute atomic E-state index is 15.0. The Morgan fingerprint density at radius 3 is 2.16 bits per heavy atom. The van der Waals surface area contributed by atoms with Crippen molar-refractivity contribution in [2.45, 2.75) is 90.9 Å². The molecule has 0 atom stereocenters. The number of halogens is 1. The Kier molecular flexibility index (Phi) is 9.64. The van der Waals surface area contributed by atoms with Crippen molar-refractivity contribution in [3.63, 3.8) is 0 Å². The lowest BCUT2D eigenvalue weighted by Gasteiger charge is -2.21. The van der Waals surface area contributed by atoms with Gasteiger partial charge < -0.3 is 9.47 Å². The molecule has 3 rings (SSSR count). The van der Waals surface area contributed by atoms with Crippen molar-refractivity contribution in [2.24, 2.45) is 0 Å². The van der Waals surface area contributed by atoms with Gasteiger partial charge in [0.05, 0.1) is 18.9 Å². The zero-order valence-corrected chi connectivity index (χ0v) is 19.4. The summed E-state index contributed by atoms with van der Waals surface area (Å²) in [5.74, 6) is 0.857. The van der Waals surface area contributed by atoms with E-state index >= 15 is 4.39 Å². The maximum atomic E-state index is 15.0. The minimum absolute atomic E-state index is 0.206. The number of aryl methyl sites for hydroxylation is 1. The molecule has 0 spiro atoms. The van der Waals surface area contributed by atoms with Gasteiger partial charge in [-0.25, -0.2) is 9.37 Å². The van der Waals surface area contributed by atoms with Gasteiger partial charge in [0, 0.05) is 11.6 Å². The molecular weight excluding hydrogens is 389 g/mol. The maximum Gasteiger partial charge on any atom is 0.213 e. The summed E-state index contributed by atoms with van der Waals surface area (Å²) in [6, 6.07) is 7.70. The lowest BCUT2D eigenvalue weighted by Crippen LogP contribution is -2.11. The Labute approximate surface area is 187 Å². The van der Waals surface area contributed by atoms with E-state index in [0.717, 1.165) is 48.1 Å². The first-order valence-electron chi connectivity index (χ1n) is 12.3. The van der Waals surface area contributed by atoms with Crippen molar-refractivity contribution < 1.29 is 13.9 Å². The van der Waals surface area contributed by atoms with E-state index in [1.807, 2.05) is 18.2 Å². The molecule has 0 amide bonds. The Balaban J connectivity index is 1.57. The number of ether oxygens (including phenoxy) is 2. The Bertz CT molecular complexity index is 821. The van der Waals surface area contributed by atoms with Gasteiger partial charge in [0.15, 0.2) is 11.6 Å². The number of unbranched alkanes of at least 4 members (excludes halogenated alkanes) is 8. The van der Waals surface area contributed by atoms with Crippen LogP contribution >= 0.6 is 0 Å². The minimum Gasteiger partial charge on any atom is -0.491 e. The highest BCUT2D eigenvalue weighted by molar-refractivity contribution is 5.73. The molecule has 1 aromatic heterocycles. The van der Waals surface area contributed by atoms with E-state index in [9.17, 15) is 0 Å². The number of nitrogens with zero attached hydrogens (tertiary/aromatic N) is 1. The second-order valence-corrected chi connectivity index (χ2v) is 8.57. The summed E-state index contributed by atoms with van der Waals surface area (Å²) in [6.45, 7) is 5.70. The van der Waals surface area contributed by atoms with Crippen LogP contribution in [0.25, 0.3) is 11.1 Å². The highest BCUT2D eigenvalue weighted by Crippen LogP contribution is 2.38. The molecule has 2 aromatic rings. The van der Waals surface area contributed by atoms with Crippen LogP contribution in [0.5, 0.6) is 11.6 Å². The lowest BCUT2D eigenvalue weighted by molar-refractivity contribution is 0.289. The summed E-state index contributed by atoms with van der Waals surface area (Å²) < 4.78 is 26.7. The standard InChI is InChI=1S/C27H38FNO2/c1-3-5-7-9-10-12-20-31-26-18-15-22-21-14-17-25(30-19-11-8-6-4-2)27(28)23(21)13-16-24(22)29-26/h14-15,17-18H,3-13,16,19-20H2,1-2H3. The smallest absolute Gasteiger partial charge is 0.213 e. The van der Waals surface area contributed by atoms with Crippen molar-refractivity contribution in [3.05, 3.63) is 41.3 Å². The molecule has 0 saturated carbocycles. The lowest BCUT2D eigenvalue weighted by atomic mass is 9.88. The van der Waals surface area contributed by atoms with Crippen molar-refractivity contribution in [1.82, 2.24) is 4.98 Å².